The summed E-state index contributed by atoms with van der Waals surface area (Å²) in [6.07, 6.45) is 11.2. The first-order valence-electron chi connectivity index (χ1n) is 14.5. The van der Waals surface area contributed by atoms with Crippen molar-refractivity contribution >= 4 is 23.8 Å². The van der Waals surface area contributed by atoms with Crippen molar-refractivity contribution in [1.82, 2.24) is 0 Å². The van der Waals surface area contributed by atoms with Crippen LogP contribution in [0.2, 0.25) is 0 Å². The topological polar surface area (TPSA) is 69.4 Å². The maximum atomic E-state index is 13.7. The van der Waals surface area contributed by atoms with E-state index in [1.54, 1.807) is 12.1 Å². The average Bonchev–Trinajstić information content (AvgIpc) is 3.22. The van der Waals surface area contributed by atoms with Crippen molar-refractivity contribution in [3.63, 3.8) is 0 Å². The van der Waals surface area contributed by atoms with Crippen LogP contribution in [-0.2, 0) is 22.6 Å². The molecule has 3 aliphatic rings. The van der Waals surface area contributed by atoms with E-state index in [1.165, 1.54) is 22.3 Å². The molecule has 2 saturated carbocycles. The molecule has 4 heteroatoms. The zero-order valence-electron chi connectivity index (χ0n) is 23.1. The van der Waals surface area contributed by atoms with E-state index in [0.29, 0.717) is 42.3 Å². The Bertz CT molecular complexity index is 1490. The Balaban J connectivity index is 1.15. The van der Waals surface area contributed by atoms with E-state index in [2.05, 4.69) is 49.4 Å². The van der Waals surface area contributed by atoms with Crippen molar-refractivity contribution in [3.05, 3.63) is 118 Å². The van der Waals surface area contributed by atoms with Gasteiger partial charge in [0.2, 0.25) is 5.91 Å². The summed E-state index contributed by atoms with van der Waals surface area (Å²) in [5.74, 6) is 1.24. The second kappa shape index (κ2) is 11.0. The summed E-state index contributed by atoms with van der Waals surface area (Å²) in [5, 5.41) is 0. The Morgan fingerprint density at radius 1 is 1.02 bits per heavy atom. The molecule has 3 aliphatic carbocycles. The van der Waals surface area contributed by atoms with E-state index in [-0.39, 0.29) is 5.41 Å². The first kappa shape index (κ1) is 26.5. The quantitative estimate of drug-likeness (QED) is 0.260. The second-order valence-corrected chi connectivity index (χ2v) is 11.9. The number of hydrogen-bond acceptors (Lipinski definition) is 3. The van der Waals surface area contributed by atoms with Gasteiger partial charge in [-0.05, 0) is 101 Å². The normalized spacial score (nSPS) is 26.5. The minimum Gasteiger partial charge on any atom is -0.373 e. The Hall–Kier alpha value is -3.76. The highest BCUT2D eigenvalue weighted by molar-refractivity contribution is 6.06. The van der Waals surface area contributed by atoms with Crippen LogP contribution in [0.1, 0.15) is 76.7 Å². The number of amides is 1. The zero-order valence-corrected chi connectivity index (χ0v) is 23.1. The van der Waals surface area contributed by atoms with Crippen molar-refractivity contribution in [1.29, 1.82) is 0 Å². The van der Waals surface area contributed by atoms with Gasteiger partial charge < -0.3 is 10.5 Å². The third-order valence-electron chi connectivity index (χ3n) is 9.54. The summed E-state index contributed by atoms with van der Waals surface area (Å²) in [6.45, 7) is 3.41. The van der Waals surface area contributed by atoms with Crippen LogP contribution >= 0.6 is 0 Å². The number of aryl methyl sites for hydroxylation is 1. The van der Waals surface area contributed by atoms with Gasteiger partial charge in [0, 0.05) is 11.0 Å². The summed E-state index contributed by atoms with van der Waals surface area (Å²) < 4.78 is 5.81. The molecule has 0 heterocycles. The van der Waals surface area contributed by atoms with Gasteiger partial charge in [-0.1, -0.05) is 79.7 Å². The van der Waals surface area contributed by atoms with Crippen LogP contribution in [0.4, 0.5) is 0 Å². The lowest BCUT2D eigenvalue weighted by Crippen LogP contribution is -2.42. The van der Waals surface area contributed by atoms with Crippen LogP contribution in [0, 0.1) is 17.3 Å². The predicted molar refractivity (Wildman–Crippen MR) is 160 cm³/mol. The van der Waals surface area contributed by atoms with Gasteiger partial charge in [-0.3, -0.25) is 9.59 Å². The predicted octanol–water partition coefficient (Wildman–Crippen LogP) is 7.13. The van der Waals surface area contributed by atoms with Gasteiger partial charge in [0.05, 0.1) is 13.2 Å². The number of carbonyl (C=O) groups is 2. The third-order valence-corrected chi connectivity index (χ3v) is 9.54. The van der Waals surface area contributed by atoms with Crippen molar-refractivity contribution in [2.24, 2.45) is 23.0 Å². The van der Waals surface area contributed by atoms with Crippen LogP contribution in [-0.4, -0.2) is 18.3 Å². The van der Waals surface area contributed by atoms with E-state index in [4.69, 9.17) is 10.5 Å². The highest BCUT2D eigenvalue weighted by Crippen LogP contribution is 2.60. The van der Waals surface area contributed by atoms with Gasteiger partial charge in [-0.2, -0.15) is 0 Å². The van der Waals surface area contributed by atoms with Crippen molar-refractivity contribution < 1.29 is 14.3 Å². The lowest BCUT2D eigenvalue weighted by molar-refractivity contribution is -0.127. The first-order valence-corrected chi connectivity index (χ1v) is 14.5. The van der Waals surface area contributed by atoms with Crippen molar-refractivity contribution in [3.8, 4) is 0 Å². The van der Waals surface area contributed by atoms with Gasteiger partial charge in [-0.15, -0.1) is 0 Å². The monoisotopic (exact) mass is 531 g/mol. The van der Waals surface area contributed by atoms with Gasteiger partial charge in [0.25, 0.3) is 0 Å². The minimum absolute atomic E-state index is 0.293. The molecular formula is C36H37NO3. The molecule has 4 atom stereocenters. The largest absolute Gasteiger partial charge is 0.373 e. The van der Waals surface area contributed by atoms with E-state index in [9.17, 15) is 9.59 Å². The molecule has 3 aromatic rings. The number of benzene rings is 3. The van der Waals surface area contributed by atoms with Crippen LogP contribution in [0.3, 0.4) is 0 Å². The molecule has 0 unspecified atom stereocenters. The van der Waals surface area contributed by atoms with Gasteiger partial charge in [-0.25, -0.2) is 0 Å². The number of ketones is 1. The summed E-state index contributed by atoms with van der Waals surface area (Å²) >= 11 is 0. The number of carbonyl (C=O) groups excluding carboxylic acids is 2. The number of allylic oxidation sites excluding steroid dienone is 1. The maximum Gasteiger partial charge on any atom is 0.248 e. The van der Waals surface area contributed by atoms with Gasteiger partial charge in [0.1, 0.15) is 0 Å². The molecule has 3 aromatic carbocycles. The molecule has 0 bridgehead atoms. The fraction of sp³-hybridized carbons (Fsp3) is 0.333. The van der Waals surface area contributed by atoms with E-state index in [0.717, 1.165) is 43.2 Å². The van der Waals surface area contributed by atoms with Crippen LogP contribution < -0.4 is 5.73 Å². The number of primary amides is 1. The van der Waals surface area contributed by atoms with E-state index >= 15 is 0 Å². The number of nitrogens with two attached hydrogens (primary N) is 1. The number of fused-ring (bicyclic) bond motifs is 5. The fourth-order valence-corrected chi connectivity index (χ4v) is 7.49. The highest BCUT2D eigenvalue weighted by Gasteiger charge is 2.56. The zero-order chi connectivity index (χ0) is 27.7. The maximum absolute atomic E-state index is 13.7. The number of Topliss-reactive ketones (excluding diaryl/α,β-unsaturated/α-hetero) is 1. The molecule has 0 spiro atoms. The van der Waals surface area contributed by atoms with Crippen LogP contribution in [0.15, 0.2) is 84.4 Å². The average molecular weight is 532 g/mol. The molecule has 204 valence electrons. The SMILES string of the molecule is C[C@]12CC[C@@H]3c4ccc(/C=C/COCc5ccccc5)cc4CC[C@H]3[C@@H]1C/C(=C\c1cccc(C(N)=O)c1)C2=O. The Labute approximate surface area is 236 Å². The number of ether oxygens (including phenoxy) is 1. The summed E-state index contributed by atoms with van der Waals surface area (Å²) in [7, 11) is 0. The smallest absolute Gasteiger partial charge is 0.248 e. The number of rotatable bonds is 7. The molecule has 0 aromatic heterocycles. The molecule has 2 N–H and O–H groups in total. The summed E-state index contributed by atoms with van der Waals surface area (Å²) in [6, 6.07) is 24.4. The summed E-state index contributed by atoms with van der Waals surface area (Å²) in [5.41, 5.74) is 12.8. The van der Waals surface area contributed by atoms with E-state index in [1.807, 2.05) is 36.4 Å². The lowest BCUT2D eigenvalue weighted by Gasteiger charge is -2.48. The molecule has 2 fully saturated rings. The molecule has 6 rings (SSSR count). The van der Waals surface area contributed by atoms with Crippen LogP contribution in [0.25, 0.3) is 12.2 Å². The Kier molecular flexibility index (Phi) is 7.29. The molecular weight excluding hydrogens is 494 g/mol. The van der Waals surface area contributed by atoms with E-state index < -0.39 is 5.91 Å². The van der Waals surface area contributed by atoms with Gasteiger partial charge in [0.15, 0.2) is 5.78 Å². The van der Waals surface area contributed by atoms with Crippen LogP contribution in [0.5, 0.6) is 0 Å². The first-order chi connectivity index (χ1) is 19.4. The summed E-state index contributed by atoms with van der Waals surface area (Å²) in [4.78, 5) is 25.3. The minimum atomic E-state index is -0.447. The Morgan fingerprint density at radius 2 is 1.88 bits per heavy atom. The molecule has 0 radical (unpaired) electrons. The molecule has 0 aliphatic heterocycles. The standard InChI is InChI=1S/C36H37NO3/c1-36-17-16-31-30-14-12-24(10-6-18-40-23-25-7-3-2-4-8-25)19-27(30)13-15-32(31)33(36)22-29(34(36)38)21-26-9-5-11-28(20-26)35(37)39/h2-12,14,19-21,31-33H,13,15-18,22-23H2,1H3,(H2,37,39)/b10-6+,29-21+/t31-,32-,33+,36+/m1/s1. The molecule has 0 saturated heterocycles. The fourth-order valence-electron chi connectivity index (χ4n) is 7.49. The Morgan fingerprint density at radius 3 is 2.70 bits per heavy atom. The molecule has 1 amide bonds. The molecule has 4 nitrogen and oxygen atoms in total. The van der Waals surface area contributed by atoms with Gasteiger partial charge >= 0.3 is 0 Å². The second-order valence-electron chi connectivity index (χ2n) is 11.9. The van der Waals surface area contributed by atoms with Crippen molar-refractivity contribution in [2.75, 3.05) is 6.61 Å². The highest BCUT2D eigenvalue weighted by atomic mass is 16.5. The molecule has 40 heavy (non-hydrogen) atoms. The third kappa shape index (κ3) is 5.09. The van der Waals surface area contributed by atoms with Crippen molar-refractivity contribution in [2.45, 2.75) is 51.6 Å². The number of hydrogen-bond donors (Lipinski definition) is 1. The lowest BCUT2D eigenvalue weighted by atomic mass is 9.55.